The maximum atomic E-state index is 13.0. The molecule has 134 valence electrons. The monoisotopic (exact) mass is 353 g/mol. The molecule has 0 bridgehead atoms. The number of rotatable bonds is 3. The van der Waals surface area contributed by atoms with Gasteiger partial charge in [0.1, 0.15) is 11.6 Å². The smallest absolute Gasteiger partial charge is 0.338 e. The van der Waals surface area contributed by atoms with Crippen LogP contribution in [-0.4, -0.2) is 41.4 Å². The van der Waals surface area contributed by atoms with Gasteiger partial charge in [0.15, 0.2) is 0 Å². The second kappa shape index (κ2) is 7.11. The number of carbonyl (C=O) groups is 1. The third-order valence-corrected chi connectivity index (χ3v) is 4.77. The fourth-order valence-electron chi connectivity index (χ4n) is 3.44. The molecule has 2 aliphatic rings. The lowest BCUT2D eigenvalue weighted by Crippen LogP contribution is -2.44. The maximum absolute atomic E-state index is 13.0. The van der Waals surface area contributed by atoms with Gasteiger partial charge in [0.25, 0.3) is 0 Å². The zero-order chi connectivity index (χ0) is 17.9. The van der Waals surface area contributed by atoms with Crippen LogP contribution in [0.15, 0.2) is 53.8 Å². The van der Waals surface area contributed by atoms with E-state index in [9.17, 15) is 9.18 Å². The highest BCUT2D eigenvalue weighted by molar-refractivity contribution is 5.78. The van der Waals surface area contributed by atoms with E-state index >= 15 is 0 Å². The van der Waals surface area contributed by atoms with Gasteiger partial charge in [0.05, 0.1) is 12.2 Å². The molecule has 0 aliphatic carbocycles. The molecule has 7 heteroatoms. The van der Waals surface area contributed by atoms with Crippen LogP contribution in [0, 0.1) is 5.82 Å². The number of halogens is 1. The van der Waals surface area contributed by atoms with E-state index in [1.807, 2.05) is 35.2 Å². The molecule has 2 aliphatic heterocycles. The molecule has 3 heterocycles. The van der Waals surface area contributed by atoms with E-state index in [-0.39, 0.29) is 23.9 Å². The summed E-state index contributed by atoms with van der Waals surface area (Å²) in [5.41, 5.74) is 1.07. The van der Waals surface area contributed by atoms with Crippen LogP contribution in [0.2, 0.25) is 0 Å². The van der Waals surface area contributed by atoms with E-state index in [0.29, 0.717) is 13.0 Å². The number of benzene rings is 1. The van der Waals surface area contributed by atoms with Crippen LogP contribution in [0.3, 0.4) is 0 Å². The number of pyridine rings is 1. The third-order valence-electron chi connectivity index (χ3n) is 4.77. The van der Waals surface area contributed by atoms with Gasteiger partial charge in [-0.25, -0.2) is 19.2 Å². The third kappa shape index (κ3) is 3.37. The Hall–Kier alpha value is -2.96. The molecule has 0 radical (unpaired) electrons. The standard InChI is InChI=1S/C19H20FN5O/c20-15-6-7-18(21-12-15)24-11-9-16(13-24)23-19(26)25-17(8-10-22-25)14-4-2-1-3-5-14/h1-7,10,12,16-17H,8-9,11,13H2,(H,23,26). The molecule has 1 saturated heterocycles. The van der Waals surface area contributed by atoms with Crippen molar-refractivity contribution in [2.75, 3.05) is 18.0 Å². The summed E-state index contributed by atoms with van der Waals surface area (Å²) in [6, 6.07) is 12.7. The number of amides is 2. The van der Waals surface area contributed by atoms with Gasteiger partial charge in [-0.2, -0.15) is 5.10 Å². The van der Waals surface area contributed by atoms with E-state index in [1.54, 1.807) is 12.3 Å². The molecule has 2 unspecified atom stereocenters. The molecule has 1 N–H and O–H groups in total. The number of anilines is 1. The van der Waals surface area contributed by atoms with Crippen LogP contribution in [0.25, 0.3) is 0 Å². The minimum atomic E-state index is -0.350. The van der Waals surface area contributed by atoms with Gasteiger partial charge in [0, 0.05) is 31.8 Å². The summed E-state index contributed by atoms with van der Waals surface area (Å²) in [4.78, 5) is 18.8. The van der Waals surface area contributed by atoms with Crippen molar-refractivity contribution in [3.63, 3.8) is 0 Å². The van der Waals surface area contributed by atoms with E-state index in [4.69, 9.17) is 0 Å². The number of carbonyl (C=O) groups excluding carboxylic acids is 1. The maximum Gasteiger partial charge on any atom is 0.338 e. The van der Waals surface area contributed by atoms with Crippen molar-refractivity contribution in [3.05, 3.63) is 60.0 Å². The molecular formula is C19H20FN5O. The largest absolute Gasteiger partial charge is 0.354 e. The highest BCUT2D eigenvalue weighted by Gasteiger charge is 2.31. The van der Waals surface area contributed by atoms with Gasteiger partial charge < -0.3 is 10.2 Å². The van der Waals surface area contributed by atoms with E-state index < -0.39 is 0 Å². The van der Waals surface area contributed by atoms with E-state index in [1.165, 1.54) is 17.3 Å². The molecule has 0 saturated carbocycles. The van der Waals surface area contributed by atoms with Crippen molar-refractivity contribution in [3.8, 4) is 0 Å². The van der Waals surface area contributed by atoms with Crippen LogP contribution < -0.4 is 10.2 Å². The van der Waals surface area contributed by atoms with Crippen LogP contribution in [0.5, 0.6) is 0 Å². The molecule has 26 heavy (non-hydrogen) atoms. The van der Waals surface area contributed by atoms with Crippen molar-refractivity contribution in [2.24, 2.45) is 5.10 Å². The van der Waals surface area contributed by atoms with Crippen LogP contribution >= 0.6 is 0 Å². The number of nitrogens with zero attached hydrogens (tertiary/aromatic N) is 4. The van der Waals surface area contributed by atoms with Gasteiger partial charge >= 0.3 is 6.03 Å². The zero-order valence-electron chi connectivity index (χ0n) is 14.3. The summed E-state index contributed by atoms with van der Waals surface area (Å²) in [7, 11) is 0. The number of nitrogens with one attached hydrogen (secondary N) is 1. The Labute approximate surface area is 151 Å². The fourth-order valence-corrected chi connectivity index (χ4v) is 3.44. The lowest BCUT2D eigenvalue weighted by atomic mass is 10.1. The normalized spacial score (nSPS) is 22.0. The van der Waals surface area contributed by atoms with Gasteiger partial charge in [-0.3, -0.25) is 0 Å². The molecule has 2 atom stereocenters. The molecule has 2 amide bonds. The van der Waals surface area contributed by atoms with Crippen molar-refractivity contribution < 1.29 is 9.18 Å². The van der Waals surface area contributed by atoms with Crippen LogP contribution in [0.4, 0.5) is 15.0 Å². The molecule has 4 rings (SSSR count). The Kier molecular flexibility index (Phi) is 4.51. The van der Waals surface area contributed by atoms with Crippen molar-refractivity contribution in [1.82, 2.24) is 15.3 Å². The van der Waals surface area contributed by atoms with E-state index in [2.05, 4.69) is 15.4 Å². The summed E-state index contributed by atoms with van der Waals surface area (Å²) in [6.45, 7) is 1.42. The predicted octanol–water partition coefficient (Wildman–Crippen LogP) is 2.94. The number of hydrogen-bond acceptors (Lipinski definition) is 4. The first kappa shape index (κ1) is 16.5. The summed E-state index contributed by atoms with van der Waals surface area (Å²) in [5, 5.41) is 8.83. The molecule has 1 aromatic heterocycles. The SMILES string of the molecule is O=C(NC1CCN(c2ccc(F)cn2)C1)N1N=CCC1c1ccccc1. The molecule has 6 nitrogen and oxygen atoms in total. The first-order valence-electron chi connectivity index (χ1n) is 8.74. The Balaban J connectivity index is 1.37. The lowest BCUT2D eigenvalue weighted by molar-refractivity contribution is 0.183. The number of hydrogen-bond donors (Lipinski definition) is 1. The topological polar surface area (TPSA) is 60.8 Å². The van der Waals surface area contributed by atoms with Gasteiger partial charge in [-0.1, -0.05) is 30.3 Å². The average Bonchev–Trinajstić information content (AvgIpc) is 3.32. The molecular weight excluding hydrogens is 333 g/mol. The van der Waals surface area contributed by atoms with Crippen molar-refractivity contribution in [1.29, 1.82) is 0 Å². The summed E-state index contributed by atoms with van der Waals surface area (Å²) in [6.07, 6.45) is 4.53. The number of aromatic nitrogens is 1. The number of urea groups is 1. The average molecular weight is 353 g/mol. The first-order chi connectivity index (χ1) is 12.7. The Bertz CT molecular complexity index is 795. The summed E-state index contributed by atoms with van der Waals surface area (Å²) < 4.78 is 13.0. The molecule has 0 spiro atoms. The second-order valence-corrected chi connectivity index (χ2v) is 6.52. The Morgan fingerprint density at radius 1 is 1.19 bits per heavy atom. The highest BCUT2D eigenvalue weighted by atomic mass is 19.1. The van der Waals surface area contributed by atoms with Gasteiger partial charge in [-0.05, 0) is 24.1 Å². The quantitative estimate of drug-likeness (QED) is 0.923. The molecule has 1 fully saturated rings. The fraction of sp³-hybridized carbons (Fsp3) is 0.316. The van der Waals surface area contributed by atoms with Gasteiger partial charge in [0.2, 0.25) is 0 Å². The van der Waals surface area contributed by atoms with E-state index in [0.717, 1.165) is 24.3 Å². The van der Waals surface area contributed by atoms with Gasteiger partial charge in [-0.15, -0.1) is 0 Å². The van der Waals surface area contributed by atoms with Crippen molar-refractivity contribution in [2.45, 2.75) is 24.9 Å². The second-order valence-electron chi connectivity index (χ2n) is 6.52. The van der Waals surface area contributed by atoms with Crippen LogP contribution in [0.1, 0.15) is 24.4 Å². The van der Waals surface area contributed by atoms with Crippen molar-refractivity contribution >= 4 is 18.1 Å². The minimum Gasteiger partial charge on any atom is -0.354 e. The predicted molar refractivity (Wildman–Crippen MR) is 97.5 cm³/mol. The Morgan fingerprint density at radius 2 is 2.04 bits per heavy atom. The zero-order valence-corrected chi connectivity index (χ0v) is 14.3. The minimum absolute atomic E-state index is 0.0153. The summed E-state index contributed by atoms with van der Waals surface area (Å²) >= 11 is 0. The first-order valence-corrected chi connectivity index (χ1v) is 8.74. The Morgan fingerprint density at radius 3 is 2.81 bits per heavy atom. The molecule has 1 aromatic carbocycles. The van der Waals surface area contributed by atoms with Crippen LogP contribution in [-0.2, 0) is 0 Å². The lowest BCUT2D eigenvalue weighted by Gasteiger charge is -2.24. The highest BCUT2D eigenvalue weighted by Crippen LogP contribution is 2.28. The molecule has 2 aromatic rings. The summed E-state index contributed by atoms with van der Waals surface area (Å²) in [5.74, 6) is 0.376. The number of hydrazone groups is 1.